The van der Waals surface area contributed by atoms with Crippen molar-refractivity contribution in [1.82, 2.24) is 15.1 Å². The third-order valence-electron chi connectivity index (χ3n) is 6.02. The number of urea groups is 1. The third-order valence-corrected chi connectivity index (χ3v) is 6.02. The highest BCUT2D eigenvalue weighted by molar-refractivity contribution is 5.79. The van der Waals surface area contributed by atoms with Crippen LogP contribution in [0.4, 0.5) is 4.79 Å². The van der Waals surface area contributed by atoms with Crippen molar-refractivity contribution in [3.8, 4) is 0 Å². The van der Waals surface area contributed by atoms with Gasteiger partial charge in [-0.1, -0.05) is 30.3 Å². The molecule has 0 radical (unpaired) electrons. The van der Waals surface area contributed by atoms with Gasteiger partial charge in [-0.2, -0.15) is 0 Å². The monoisotopic (exact) mass is 341 g/mol. The van der Waals surface area contributed by atoms with Crippen LogP contribution in [0.15, 0.2) is 30.3 Å². The molecule has 4 rings (SSSR count). The van der Waals surface area contributed by atoms with E-state index >= 15 is 0 Å². The third kappa shape index (κ3) is 3.65. The Hall–Kier alpha value is -2.04. The van der Waals surface area contributed by atoms with Gasteiger partial charge in [0, 0.05) is 44.6 Å². The summed E-state index contributed by atoms with van der Waals surface area (Å²) >= 11 is 0. The zero-order valence-corrected chi connectivity index (χ0v) is 14.7. The summed E-state index contributed by atoms with van der Waals surface area (Å²) in [4.78, 5) is 28.6. The van der Waals surface area contributed by atoms with Crippen molar-refractivity contribution in [2.45, 2.75) is 38.1 Å². The van der Waals surface area contributed by atoms with Crippen molar-refractivity contribution in [1.29, 1.82) is 0 Å². The lowest BCUT2D eigenvalue weighted by Crippen LogP contribution is -2.45. The number of benzene rings is 1. The lowest BCUT2D eigenvalue weighted by Gasteiger charge is -2.27. The van der Waals surface area contributed by atoms with Crippen LogP contribution in [0, 0.1) is 11.8 Å². The van der Waals surface area contributed by atoms with Crippen molar-refractivity contribution >= 4 is 11.9 Å². The number of piperidine rings is 1. The Morgan fingerprint density at radius 1 is 1.16 bits per heavy atom. The van der Waals surface area contributed by atoms with E-state index in [1.54, 1.807) is 0 Å². The van der Waals surface area contributed by atoms with Gasteiger partial charge in [-0.25, -0.2) is 4.79 Å². The summed E-state index contributed by atoms with van der Waals surface area (Å²) in [6, 6.07) is 10.8. The van der Waals surface area contributed by atoms with Crippen LogP contribution in [0.5, 0.6) is 0 Å². The maximum absolute atomic E-state index is 12.4. The molecule has 134 valence electrons. The standard InChI is InChI=1S/C20H27N3O2/c24-19-11-17(13-22(19)9-8-15-4-2-1-3-5-15)12-21-20(25)23-14-16-6-7-18(23)10-16/h1-5,16-18H,6-14H2,(H,21,25)/t16-,17+,18-/m0/s1. The Bertz CT molecular complexity index is 633. The molecule has 3 atom stereocenters. The maximum atomic E-state index is 12.4. The first kappa shape index (κ1) is 16.4. The molecule has 3 fully saturated rings. The molecule has 0 aromatic heterocycles. The molecular weight excluding hydrogens is 314 g/mol. The van der Waals surface area contributed by atoms with Crippen molar-refractivity contribution in [2.24, 2.45) is 11.8 Å². The van der Waals surface area contributed by atoms with Gasteiger partial charge < -0.3 is 15.1 Å². The molecule has 2 heterocycles. The highest BCUT2D eigenvalue weighted by Crippen LogP contribution is 2.37. The van der Waals surface area contributed by atoms with Gasteiger partial charge in [0.2, 0.25) is 5.91 Å². The molecule has 3 amide bonds. The van der Waals surface area contributed by atoms with Gasteiger partial charge in [0.25, 0.3) is 0 Å². The van der Waals surface area contributed by atoms with Gasteiger partial charge in [0.1, 0.15) is 0 Å². The summed E-state index contributed by atoms with van der Waals surface area (Å²) in [6.45, 7) is 3.06. The van der Waals surface area contributed by atoms with Crippen LogP contribution in [0.2, 0.25) is 0 Å². The minimum absolute atomic E-state index is 0.0717. The van der Waals surface area contributed by atoms with Crippen LogP contribution >= 0.6 is 0 Å². The number of rotatable bonds is 5. The van der Waals surface area contributed by atoms with Crippen LogP contribution in [0.25, 0.3) is 0 Å². The topological polar surface area (TPSA) is 52.7 Å². The normalized spacial score (nSPS) is 28.0. The van der Waals surface area contributed by atoms with Crippen LogP contribution in [0.3, 0.4) is 0 Å². The Balaban J connectivity index is 1.21. The summed E-state index contributed by atoms with van der Waals surface area (Å²) < 4.78 is 0. The predicted molar refractivity (Wildman–Crippen MR) is 96.1 cm³/mol. The molecule has 0 spiro atoms. The molecule has 5 nitrogen and oxygen atoms in total. The molecule has 0 unspecified atom stereocenters. The molecule has 1 aliphatic carbocycles. The number of carbonyl (C=O) groups excluding carboxylic acids is 2. The smallest absolute Gasteiger partial charge is 0.317 e. The average Bonchev–Trinajstić information content (AvgIpc) is 3.34. The molecule has 1 N–H and O–H groups in total. The number of amides is 3. The van der Waals surface area contributed by atoms with E-state index in [1.165, 1.54) is 18.4 Å². The summed E-state index contributed by atoms with van der Waals surface area (Å²) in [5, 5.41) is 3.07. The fraction of sp³-hybridized carbons (Fsp3) is 0.600. The van der Waals surface area contributed by atoms with Crippen molar-refractivity contribution < 1.29 is 9.59 Å². The molecule has 25 heavy (non-hydrogen) atoms. The Kier molecular flexibility index (Phi) is 4.64. The quantitative estimate of drug-likeness (QED) is 0.893. The van der Waals surface area contributed by atoms with E-state index < -0.39 is 0 Å². The fourth-order valence-corrected chi connectivity index (χ4v) is 4.62. The molecular formula is C20H27N3O2. The van der Waals surface area contributed by atoms with Crippen molar-refractivity contribution in [2.75, 3.05) is 26.2 Å². The van der Waals surface area contributed by atoms with E-state index in [-0.39, 0.29) is 17.9 Å². The Labute approximate surface area is 149 Å². The van der Waals surface area contributed by atoms with E-state index in [2.05, 4.69) is 17.4 Å². The lowest BCUT2D eigenvalue weighted by atomic mass is 10.1. The van der Waals surface area contributed by atoms with Gasteiger partial charge >= 0.3 is 6.03 Å². The molecule has 1 aromatic rings. The first-order valence-corrected chi connectivity index (χ1v) is 9.55. The second-order valence-corrected chi connectivity index (χ2v) is 7.82. The van der Waals surface area contributed by atoms with Crippen LogP contribution < -0.4 is 5.32 Å². The molecule has 1 aromatic carbocycles. The van der Waals surface area contributed by atoms with E-state index in [1.807, 2.05) is 28.0 Å². The Morgan fingerprint density at radius 3 is 2.72 bits per heavy atom. The number of nitrogens with zero attached hydrogens (tertiary/aromatic N) is 2. The first-order chi connectivity index (χ1) is 12.2. The number of hydrogen-bond acceptors (Lipinski definition) is 2. The molecule has 5 heteroatoms. The molecule has 2 saturated heterocycles. The molecule has 1 saturated carbocycles. The fourth-order valence-electron chi connectivity index (χ4n) is 4.62. The van der Waals surface area contributed by atoms with Crippen LogP contribution in [-0.2, 0) is 11.2 Å². The van der Waals surface area contributed by atoms with Gasteiger partial charge in [-0.15, -0.1) is 0 Å². The van der Waals surface area contributed by atoms with E-state index in [4.69, 9.17) is 0 Å². The average molecular weight is 341 g/mol. The van der Waals surface area contributed by atoms with Gasteiger partial charge in [0.05, 0.1) is 0 Å². The number of hydrogen-bond donors (Lipinski definition) is 1. The summed E-state index contributed by atoms with van der Waals surface area (Å²) in [6.07, 6.45) is 5.07. The molecule has 2 aliphatic heterocycles. The molecule has 3 aliphatic rings. The number of likely N-dealkylation sites (tertiary alicyclic amines) is 2. The number of nitrogens with one attached hydrogen (secondary N) is 1. The summed E-state index contributed by atoms with van der Waals surface area (Å²) in [5.74, 6) is 1.18. The van der Waals surface area contributed by atoms with Crippen LogP contribution in [0.1, 0.15) is 31.2 Å². The minimum atomic E-state index is 0.0717. The zero-order chi connectivity index (χ0) is 17.2. The highest BCUT2D eigenvalue weighted by atomic mass is 16.2. The zero-order valence-electron chi connectivity index (χ0n) is 14.7. The first-order valence-electron chi connectivity index (χ1n) is 9.55. The SMILES string of the molecule is O=C1C[C@H](CNC(=O)N2C[C@H]3CC[C@H]2C3)CN1CCc1ccccc1. The second-order valence-electron chi connectivity index (χ2n) is 7.82. The lowest BCUT2D eigenvalue weighted by molar-refractivity contribution is -0.127. The van der Waals surface area contributed by atoms with Gasteiger partial charge in [0.15, 0.2) is 0 Å². The van der Waals surface area contributed by atoms with Crippen molar-refractivity contribution in [3.63, 3.8) is 0 Å². The summed E-state index contributed by atoms with van der Waals surface area (Å²) in [7, 11) is 0. The largest absolute Gasteiger partial charge is 0.342 e. The second kappa shape index (κ2) is 7.06. The predicted octanol–water partition coefficient (Wildman–Crippen LogP) is 2.27. The van der Waals surface area contributed by atoms with E-state index in [0.29, 0.717) is 19.0 Å². The Morgan fingerprint density at radius 2 is 2.00 bits per heavy atom. The van der Waals surface area contributed by atoms with Gasteiger partial charge in [-0.3, -0.25) is 4.79 Å². The molecule has 2 bridgehead atoms. The van der Waals surface area contributed by atoms with E-state index in [9.17, 15) is 9.59 Å². The van der Waals surface area contributed by atoms with Crippen molar-refractivity contribution in [3.05, 3.63) is 35.9 Å². The number of fused-ring (bicyclic) bond motifs is 2. The highest BCUT2D eigenvalue weighted by Gasteiger charge is 2.40. The van der Waals surface area contributed by atoms with E-state index in [0.717, 1.165) is 38.4 Å². The van der Waals surface area contributed by atoms with Gasteiger partial charge in [-0.05, 0) is 37.2 Å². The minimum Gasteiger partial charge on any atom is -0.342 e. The number of carbonyl (C=O) groups is 2. The van der Waals surface area contributed by atoms with Crippen LogP contribution in [-0.4, -0.2) is 54.0 Å². The maximum Gasteiger partial charge on any atom is 0.317 e. The summed E-state index contributed by atoms with van der Waals surface area (Å²) in [5.41, 5.74) is 1.26.